The number of aromatic nitrogens is 5. The van der Waals surface area contributed by atoms with Gasteiger partial charge in [-0.05, 0) is 20.8 Å². The molecule has 0 saturated carbocycles. The van der Waals surface area contributed by atoms with Gasteiger partial charge in [0.1, 0.15) is 0 Å². The van der Waals surface area contributed by atoms with Crippen molar-refractivity contribution < 1.29 is 14.9 Å². The van der Waals surface area contributed by atoms with Crippen molar-refractivity contribution in [3.63, 3.8) is 0 Å². The molecule has 0 spiro atoms. The highest BCUT2D eigenvalue weighted by molar-refractivity contribution is 5.42. The van der Waals surface area contributed by atoms with E-state index >= 15 is 0 Å². The standard InChI is InChI=1S/C13H17N5O3/c1-4-21-10-6-9-14-15-12(18(9)16-10)8(3)17-11(19)5-7(2)13(17)20/h5-6,8,16,19-20H,4H2,1-3H3. The van der Waals surface area contributed by atoms with Crippen LogP contribution in [0.15, 0.2) is 12.1 Å². The average molecular weight is 291 g/mol. The Labute approximate surface area is 120 Å². The Morgan fingerprint density at radius 3 is 2.71 bits per heavy atom. The van der Waals surface area contributed by atoms with Crippen LogP contribution in [0.2, 0.25) is 0 Å². The topological polar surface area (TPSA) is 101 Å². The van der Waals surface area contributed by atoms with Crippen LogP contribution in [-0.4, -0.2) is 41.2 Å². The van der Waals surface area contributed by atoms with Crippen LogP contribution in [0.3, 0.4) is 0 Å². The van der Waals surface area contributed by atoms with E-state index in [9.17, 15) is 10.2 Å². The summed E-state index contributed by atoms with van der Waals surface area (Å²) in [6.45, 7) is 5.97. The van der Waals surface area contributed by atoms with Gasteiger partial charge in [-0.1, -0.05) is 0 Å². The Hall–Kier alpha value is -2.64. The third kappa shape index (κ3) is 1.99. The minimum absolute atomic E-state index is 0.00772. The van der Waals surface area contributed by atoms with Crippen molar-refractivity contribution in [1.29, 1.82) is 0 Å². The molecule has 0 amide bonds. The van der Waals surface area contributed by atoms with Crippen molar-refractivity contribution in [3.05, 3.63) is 23.5 Å². The molecule has 1 unspecified atom stereocenters. The fraction of sp³-hybridized carbons (Fsp3) is 0.385. The van der Waals surface area contributed by atoms with E-state index in [1.807, 2.05) is 13.8 Å². The van der Waals surface area contributed by atoms with Crippen LogP contribution in [0, 0.1) is 6.92 Å². The number of nitrogens with zero attached hydrogens (tertiary/aromatic N) is 4. The van der Waals surface area contributed by atoms with Gasteiger partial charge in [0.15, 0.2) is 23.2 Å². The van der Waals surface area contributed by atoms with E-state index in [0.717, 1.165) is 0 Å². The second-order valence-electron chi connectivity index (χ2n) is 4.86. The monoisotopic (exact) mass is 291 g/mol. The summed E-state index contributed by atoms with van der Waals surface area (Å²) in [5.41, 5.74) is 1.21. The molecule has 3 N–H and O–H groups in total. The normalized spacial score (nSPS) is 12.9. The van der Waals surface area contributed by atoms with E-state index in [0.29, 0.717) is 29.5 Å². The van der Waals surface area contributed by atoms with Gasteiger partial charge in [-0.15, -0.1) is 10.2 Å². The molecule has 8 heteroatoms. The van der Waals surface area contributed by atoms with Gasteiger partial charge in [-0.25, -0.2) is 4.52 Å². The molecule has 1 atom stereocenters. The lowest BCUT2D eigenvalue weighted by molar-refractivity contribution is 0.323. The number of aryl methyl sites for hydroxylation is 1. The van der Waals surface area contributed by atoms with Crippen molar-refractivity contribution >= 4 is 5.65 Å². The largest absolute Gasteiger partial charge is 0.494 e. The van der Waals surface area contributed by atoms with Crippen molar-refractivity contribution in [2.24, 2.45) is 0 Å². The summed E-state index contributed by atoms with van der Waals surface area (Å²) < 4.78 is 8.46. The van der Waals surface area contributed by atoms with E-state index in [4.69, 9.17) is 4.74 Å². The van der Waals surface area contributed by atoms with Crippen molar-refractivity contribution in [3.8, 4) is 17.6 Å². The molecule has 0 saturated heterocycles. The maximum Gasteiger partial charge on any atom is 0.210 e. The van der Waals surface area contributed by atoms with Crippen LogP contribution in [0.5, 0.6) is 17.6 Å². The number of hydrogen-bond donors (Lipinski definition) is 3. The van der Waals surface area contributed by atoms with Crippen LogP contribution in [0.25, 0.3) is 5.65 Å². The van der Waals surface area contributed by atoms with Gasteiger partial charge in [0.2, 0.25) is 5.88 Å². The van der Waals surface area contributed by atoms with Gasteiger partial charge in [-0.3, -0.25) is 9.67 Å². The second kappa shape index (κ2) is 4.72. The number of H-pyrrole nitrogens is 1. The van der Waals surface area contributed by atoms with Crippen LogP contribution in [0.1, 0.15) is 31.3 Å². The summed E-state index contributed by atoms with van der Waals surface area (Å²) >= 11 is 0. The molecule has 0 aliphatic heterocycles. The number of aromatic hydroxyl groups is 2. The average Bonchev–Trinajstić information content (AvgIpc) is 3.04. The molecule has 21 heavy (non-hydrogen) atoms. The third-order valence-corrected chi connectivity index (χ3v) is 3.43. The number of ether oxygens (including phenoxy) is 1. The van der Waals surface area contributed by atoms with Gasteiger partial charge < -0.3 is 14.9 Å². The van der Waals surface area contributed by atoms with Crippen LogP contribution in [0.4, 0.5) is 0 Å². The van der Waals surface area contributed by atoms with Gasteiger partial charge >= 0.3 is 0 Å². The van der Waals surface area contributed by atoms with Crippen molar-refractivity contribution in [1.82, 2.24) is 24.4 Å². The van der Waals surface area contributed by atoms with Crippen molar-refractivity contribution in [2.45, 2.75) is 26.8 Å². The highest BCUT2D eigenvalue weighted by atomic mass is 16.5. The van der Waals surface area contributed by atoms with Crippen molar-refractivity contribution in [2.75, 3.05) is 6.61 Å². The van der Waals surface area contributed by atoms with Crippen LogP contribution < -0.4 is 4.74 Å². The number of nitrogens with one attached hydrogen (secondary N) is 1. The predicted octanol–water partition coefficient (Wildman–Crippen LogP) is 1.59. The minimum Gasteiger partial charge on any atom is -0.494 e. The minimum atomic E-state index is -0.401. The molecule has 3 aromatic rings. The Bertz CT molecular complexity index is 785. The number of rotatable bonds is 4. The highest BCUT2D eigenvalue weighted by Gasteiger charge is 2.23. The smallest absolute Gasteiger partial charge is 0.210 e. The quantitative estimate of drug-likeness (QED) is 0.677. The van der Waals surface area contributed by atoms with Gasteiger partial charge in [0.05, 0.1) is 12.6 Å². The summed E-state index contributed by atoms with van der Waals surface area (Å²) in [6.07, 6.45) is 0. The molecule has 0 radical (unpaired) electrons. The Morgan fingerprint density at radius 1 is 1.33 bits per heavy atom. The molecule has 3 rings (SSSR count). The SMILES string of the molecule is CCOc1cc2nnc(C(C)n3c(O)cc(C)c3O)n2[nH]1. The molecule has 0 fully saturated rings. The van der Waals surface area contributed by atoms with Gasteiger partial charge in [0, 0.05) is 17.7 Å². The third-order valence-electron chi connectivity index (χ3n) is 3.43. The Morgan fingerprint density at radius 2 is 2.10 bits per heavy atom. The number of hydrogen-bond acceptors (Lipinski definition) is 5. The molecule has 0 aliphatic rings. The molecule has 8 nitrogen and oxygen atoms in total. The molecule has 3 heterocycles. The molecular formula is C13H17N5O3. The zero-order valence-electron chi connectivity index (χ0n) is 12.0. The molecule has 0 aliphatic carbocycles. The van der Waals surface area contributed by atoms with E-state index < -0.39 is 6.04 Å². The molecule has 0 bridgehead atoms. The maximum atomic E-state index is 10.1. The lowest BCUT2D eigenvalue weighted by Gasteiger charge is -2.14. The summed E-state index contributed by atoms with van der Waals surface area (Å²) in [5.74, 6) is 1.13. The number of fused-ring (bicyclic) bond motifs is 1. The van der Waals surface area contributed by atoms with Crippen LogP contribution in [-0.2, 0) is 0 Å². The Kier molecular flexibility index (Phi) is 3.00. The fourth-order valence-corrected chi connectivity index (χ4v) is 2.40. The molecule has 0 aromatic carbocycles. The van der Waals surface area contributed by atoms with Gasteiger partial charge in [-0.2, -0.15) is 0 Å². The first kappa shape index (κ1) is 13.3. The highest BCUT2D eigenvalue weighted by Crippen LogP contribution is 2.33. The summed E-state index contributed by atoms with van der Waals surface area (Å²) in [4.78, 5) is 0. The first-order valence-electron chi connectivity index (χ1n) is 6.69. The molecular weight excluding hydrogens is 274 g/mol. The van der Waals surface area contributed by atoms with E-state index in [1.54, 1.807) is 17.5 Å². The summed E-state index contributed by atoms with van der Waals surface area (Å²) in [7, 11) is 0. The van der Waals surface area contributed by atoms with Crippen LogP contribution >= 0.6 is 0 Å². The second-order valence-corrected chi connectivity index (χ2v) is 4.86. The number of aromatic amines is 1. The van der Waals surface area contributed by atoms with E-state index in [-0.39, 0.29) is 11.8 Å². The predicted molar refractivity (Wildman–Crippen MR) is 74.8 cm³/mol. The maximum absolute atomic E-state index is 10.1. The molecule has 3 aromatic heterocycles. The zero-order chi connectivity index (χ0) is 15.1. The fourth-order valence-electron chi connectivity index (χ4n) is 2.40. The first-order valence-corrected chi connectivity index (χ1v) is 6.69. The Balaban J connectivity index is 2.06. The lowest BCUT2D eigenvalue weighted by atomic mass is 10.3. The summed E-state index contributed by atoms with van der Waals surface area (Å²) in [6, 6.07) is 2.85. The van der Waals surface area contributed by atoms with E-state index in [1.165, 1.54) is 10.6 Å². The first-order chi connectivity index (χ1) is 10.0. The zero-order valence-corrected chi connectivity index (χ0v) is 12.0. The summed E-state index contributed by atoms with van der Waals surface area (Å²) in [5, 5.41) is 31.2. The molecule has 112 valence electrons. The van der Waals surface area contributed by atoms with E-state index in [2.05, 4.69) is 15.3 Å². The van der Waals surface area contributed by atoms with Gasteiger partial charge in [0.25, 0.3) is 0 Å². The lowest BCUT2D eigenvalue weighted by Crippen LogP contribution is -2.10.